The van der Waals surface area contributed by atoms with Crippen LogP contribution in [0.25, 0.3) is 0 Å². The summed E-state index contributed by atoms with van der Waals surface area (Å²) in [6, 6.07) is 16.4. The Morgan fingerprint density at radius 3 is 2.27 bits per heavy atom. The summed E-state index contributed by atoms with van der Waals surface area (Å²) in [5.74, 6) is 1.39. The largest absolute Gasteiger partial charge is 0.465 e. The molecule has 0 heterocycles. The Morgan fingerprint density at radius 1 is 1.04 bits per heavy atom. The van der Waals surface area contributed by atoms with Gasteiger partial charge in [-0.3, -0.25) is 4.90 Å². The molecule has 1 fully saturated rings. The third kappa shape index (κ3) is 4.09. The highest BCUT2D eigenvalue weighted by atomic mass is 16.4. The molecular weight excluding hydrogens is 322 g/mol. The van der Waals surface area contributed by atoms with E-state index < -0.39 is 6.09 Å². The molecule has 3 nitrogen and oxygen atoms in total. The summed E-state index contributed by atoms with van der Waals surface area (Å²) in [7, 11) is 0. The van der Waals surface area contributed by atoms with E-state index in [9.17, 15) is 9.90 Å². The van der Waals surface area contributed by atoms with Gasteiger partial charge in [0, 0.05) is 6.54 Å². The second kappa shape index (κ2) is 7.94. The highest BCUT2D eigenvalue weighted by molar-refractivity contribution is 5.89. The van der Waals surface area contributed by atoms with Crippen LogP contribution in [0.5, 0.6) is 0 Å². The number of amides is 1. The maximum atomic E-state index is 12.2. The topological polar surface area (TPSA) is 40.5 Å². The summed E-state index contributed by atoms with van der Waals surface area (Å²) >= 11 is 0. The Hall–Kier alpha value is -2.29. The molecule has 1 N–H and O–H groups in total. The van der Waals surface area contributed by atoms with Crippen molar-refractivity contribution in [2.45, 2.75) is 51.9 Å². The van der Waals surface area contributed by atoms with Crippen molar-refractivity contribution in [1.29, 1.82) is 0 Å². The molecule has 0 radical (unpaired) electrons. The molecule has 26 heavy (non-hydrogen) atoms. The first kappa shape index (κ1) is 18.5. The first-order chi connectivity index (χ1) is 12.5. The van der Waals surface area contributed by atoms with Gasteiger partial charge in [-0.15, -0.1) is 0 Å². The van der Waals surface area contributed by atoms with Gasteiger partial charge in [-0.1, -0.05) is 69.3 Å². The van der Waals surface area contributed by atoms with Crippen molar-refractivity contribution in [3.8, 4) is 0 Å². The highest BCUT2D eigenvalue weighted by Gasteiger charge is 2.33. The highest BCUT2D eigenvalue weighted by Crippen LogP contribution is 2.46. The molecule has 138 valence electrons. The van der Waals surface area contributed by atoms with E-state index in [1.807, 2.05) is 18.2 Å². The lowest BCUT2D eigenvalue weighted by molar-refractivity contribution is 0.201. The Bertz CT molecular complexity index is 750. The number of anilines is 1. The third-order valence-corrected chi connectivity index (χ3v) is 5.51. The van der Waals surface area contributed by atoms with E-state index in [0.717, 1.165) is 23.2 Å². The maximum absolute atomic E-state index is 12.2. The fourth-order valence-corrected chi connectivity index (χ4v) is 3.76. The molecule has 1 atom stereocenters. The van der Waals surface area contributed by atoms with Crippen LogP contribution in [0, 0.1) is 5.92 Å². The molecule has 0 aliphatic heterocycles. The minimum absolute atomic E-state index is 0.287. The van der Waals surface area contributed by atoms with E-state index in [1.54, 1.807) is 4.90 Å². The fourth-order valence-electron chi connectivity index (χ4n) is 3.76. The van der Waals surface area contributed by atoms with Crippen LogP contribution in [0.2, 0.25) is 0 Å². The van der Waals surface area contributed by atoms with E-state index in [-0.39, 0.29) is 5.92 Å². The van der Waals surface area contributed by atoms with Crippen LogP contribution in [0.4, 0.5) is 10.5 Å². The first-order valence-corrected chi connectivity index (χ1v) is 9.66. The van der Waals surface area contributed by atoms with E-state index in [2.05, 4.69) is 51.1 Å². The summed E-state index contributed by atoms with van der Waals surface area (Å²) in [6.07, 6.45) is 2.36. The van der Waals surface area contributed by atoms with Gasteiger partial charge < -0.3 is 5.11 Å². The monoisotopic (exact) mass is 351 g/mol. The van der Waals surface area contributed by atoms with Gasteiger partial charge in [0.2, 0.25) is 0 Å². The van der Waals surface area contributed by atoms with Crippen LogP contribution in [0.3, 0.4) is 0 Å². The van der Waals surface area contributed by atoms with Gasteiger partial charge in [0.1, 0.15) is 0 Å². The van der Waals surface area contributed by atoms with Crippen molar-refractivity contribution >= 4 is 11.8 Å². The molecule has 3 rings (SSSR count). The first-order valence-electron chi connectivity index (χ1n) is 9.66. The predicted molar refractivity (Wildman–Crippen MR) is 107 cm³/mol. The molecule has 0 aromatic heterocycles. The molecule has 2 aromatic carbocycles. The Balaban J connectivity index is 1.97. The van der Waals surface area contributed by atoms with Gasteiger partial charge >= 0.3 is 6.09 Å². The standard InChI is InChI=1S/C23H29NO2/c1-16(2)20-10-7-11-21(17(3)19-12-13-19)22(20)24(23(25)26)15-14-18-8-5-4-6-9-18/h4-11,16-17,19H,12-15H2,1-3H3,(H,25,26)/t17-/m1/s1. The molecule has 0 saturated heterocycles. The Morgan fingerprint density at radius 2 is 1.69 bits per heavy atom. The van der Waals surface area contributed by atoms with Gasteiger partial charge in [-0.25, -0.2) is 4.79 Å². The van der Waals surface area contributed by atoms with Gasteiger partial charge in [0.15, 0.2) is 0 Å². The number of carboxylic acid groups (broad SMARTS) is 1. The normalized spacial score (nSPS) is 15.1. The van der Waals surface area contributed by atoms with Crippen LogP contribution < -0.4 is 4.90 Å². The predicted octanol–water partition coefficient (Wildman–Crippen LogP) is 6.05. The lowest BCUT2D eigenvalue weighted by Gasteiger charge is -2.29. The average molecular weight is 351 g/mol. The lowest BCUT2D eigenvalue weighted by atomic mass is 9.88. The summed E-state index contributed by atoms with van der Waals surface area (Å²) in [4.78, 5) is 13.8. The van der Waals surface area contributed by atoms with Crippen LogP contribution in [0.1, 0.15) is 62.1 Å². The second-order valence-corrected chi connectivity index (χ2v) is 7.74. The zero-order valence-electron chi connectivity index (χ0n) is 16.0. The number of benzene rings is 2. The average Bonchev–Trinajstić information content (AvgIpc) is 3.47. The zero-order chi connectivity index (χ0) is 18.7. The van der Waals surface area contributed by atoms with Crippen LogP contribution in [-0.2, 0) is 6.42 Å². The molecule has 2 aromatic rings. The smallest absolute Gasteiger partial charge is 0.411 e. The number of carbonyl (C=O) groups is 1. The molecule has 1 saturated carbocycles. The van der Waals surface area contributed by atoms with E-state index in [4.69, 9.17) is 0 Å². The van der Waals surface area contributed by atoms with Crippen molar-refractivity contribution in [2.75, 3.05) is 11.4 Å². The second-order valence-electron chi connectivity index (χ2n) is 7.74. The number of nitrogens with zero attached hydrogens (tertiary/aromatic N) is 1. The minimum atomic E-state index is -0.863. The molecule has 0 bridgehead atoms. The van der Waals surface area contributed by atoms with E-state index >= 15 is 0 Å². The summed E-state index contributed by atoms with van der Waals surface area (Å²) in [5, 5.41) is 10.00. The molecule has 1 aliphatic rings. The number of hydrogen-bond acceptors (Lipinski definition) is 1. The third-order valence-electron chi connectivity index (χ3n) is 5.51. The van der Waals surface area contributed by atoms with Crippen molar-refractivity contribution in [3.05, 3.63) is 65.2 Å². The number of hydrogen-bond donors (Lipinski definition) is 1. The molecule has 1 aliphatic carbocycles. The summed E-state index contributed by atoms with van der Waals surface area (Å²) in [5.41, 5.74) is 4.41. The number of para-hydroxylation sites is 1. The minimum Gasteiger partial charge on any atom is -0.465 e. The van der Waals surface area contributed by atoms with Gasteiger partial charge in [-0.05, 0) is 53.7 Å². The van der Waals surface area contributed by atoms with Gasteiger partial charge in [-0.2, -0.15) is 0 Å². The molecule has 0 spiro atoms. The fraction of sp³-hybridized carbons (Fsp3) is 0.435. The van der Waals surface area contributed by atoms with Crippen molar-refractivity contribution < 1.29 is 9.90 Å². The van der Waals surface area contributed by atoms with Crippen LogP contribution in [0.15, 0.2) is 48.5 Å². The van der Waals surface area contributed by atoms with Crippen molar-refractivity contribution in [2.24, 2.45) is 5.92 Å². The van der Waals surface area contributed by atoms with Gasteiger partial charge in [0.25, 0.3) is 0 Å². The quantitative estimate of drug-likeness (QED) is 0.659. The molecule has 3 heteroatoms. The van der Waals surface area contributed by atoms with Crippen LogP contribution in [-0.4, -0.2) is 17.7 Å². The van der Waals surface area contributed by atoms with Crippen LogP contribution >= 0.6 is 0 Å². The number of rotatable bonds is 7. The molecule has 1 amide bonds. The summed E-state index contributed by atoms with van der Waals surface area (Å²) < 4.78 is 0. The Kier molecular flexibility index (Phi) is 5.65. The van der Waals surface area contributed by atoms with Gasteiger partial charge in [0.05, 0.1) is 5.69 Å². The zero-order valence-corrected chi connectivity index (χ0v) is 16.0. The van der Waals surface area contributed by atoms with Crippen molar-refractivity contribution in [1.82, 2.24) is 0 Å². The SMILES string of the molecule is CC(C)c1cccc([C@H](C)C2CC2)c1N(CCc1ccccc1)C(=O)O. The summed E-state index contributed by atoms with van der Waals surface area (Å²) in [6.45, 7) is 7.01. The molecule has 0 unspecified atom stereocenters. The molecular formula is C23H29NO2. The maximum Gasteiger partial charge on any atom is 0.411 e. The van der Waals surface area contributed by atoms with E-state index in [1.165, 1.54) is 18.4 Å². The lowest BCUT2D eigenvalue weighted by Crippen LogP contribution is -2.33. The Labute approximate surface area is 156 Å². The van der Waals surface area contributed by atoms with E-state index in [0.29, 0.717) is 18.4 Å². The van der Waals surface area contributed by atoms with Crippen molar-refractivity contribution in [3.63, 3.8) is 0 Å².